The average Bonchev–Trinajstić information content (AvgIpc) is 3.10. The van der Waals surface area contributed by atoms with Gasteiger partial charge in [-0.25, -0.2) is 0 Å². The molecule has 22 heavy (non-hydrogen) atoms. The van der Waals surface area contributed by atoms with Gasteiger partial charge in [-0.3, -0.25) is 4.79 Å². The van der Waals surface area contributed by atoms with E-state index in [1.165, 1.54) is 25.7 Å². The lowest BCUT2D eigenvalue weighted by molar-refractivity contribution is -0.115. The average molecular weight is 321 g/mol. The smallest absolute Gasteiger partial charge is 0.238 e. The van der Waals surface area contributed by atoms with E-state index in [0.717, 1.165) is 29.0 Å². The van der Waals surface area contributed by atoms with E-state index < -0.39 is 0 Å². The van der Waals surface area contributed by atoms with Crippen molar-refractivity contribution in [2.45, 2.75) is 45.6 Å². The van der Waals surface area contributed by atoms with Crippen LogP contribution in [0.4, 0.5) is 5.69 Å². The molecule has 2 saturated carbocycles. The van der Waals surface area contributed by atoms with Gasteiger partial charge in [-0.1, -0.05) is 18.0 Å². The van der Waals surface area contributed by atoms with E-state index >= 15 is 0 Å². The number of rotatable bonds is 5. The Bertz CT molecular complexity index is 560. The summed E-state index contributed by atoms with van der Waals surface area (Å²) >= 11 is 5.93. The maximum Gasteiger partial charge on any atom is 0.238 e. The van der Waals surface area contributed by atoms with Gasteiger partial charge in [0.1, 0.15) is 0 Å². The molecule has 2 fully saturated rings. The van der Waals surface area contributed by atoms with Gasteiger partial charge in [-0.05, 0) is 74.6 Å². The predicted octanol–water partition coefficient (Wildman–Crippen LogP) is 4.00. The fourth-order valence-electron chi connectivity index (χ4n) is 4.27. The fourth-order valence-corrected chi connectivity index (χ4v) is 4.50. The number of hydrogen-bond acceptors (Lipinski definition) is 2. The van der Waals surface area contributed by atoms with Crippen LogP contribution in [0.15, 0.2) is 18.2 Å². The molecule has 0 aliphatic heterocycles. The lowest BCUT2D eigenvalue weighted by Gasteiger charge is -2.28. The number of nitrogens with one attached hydrogen (secondary N) is 2. The van der Waals surface area contributed by atoms with Crippen molar-refractivity contribution >= 4 is 23.2 Å². The molecular weight excluding hydrogens is 296 g/mol. The molecule has 0 heterocycles. The summed E-state index contributed by atoms with van der Waals surface area (Å²) in [5.74, 6) is 2.60. The fraction of sp³-hybridized carbons (Fsp3) is 0.611. The van der Waals surface area contributed by atoms with Crippen LogP contribution in [-0.2, 0) is 4.79 Å². The molecule has 4 heteroatoms. The first-order chi connectivity index (χ1) is 10.5. The minimum Gasteiger partial charge on any atom is -0.325 e. The Morgan fingerprint density at radius 2 is 2.18 bits per heavy atom. The predicted molar refractivity (Wildman–Crippen MR) is 91.2 cm³/mol. The molecule has 120 valence electrons. The van der Waals surface area contributed by atoms with E-state index in [-0.39, 0.29) is 5.91 Å². The van der Waals surface area contributed by atoms with Crippen LogP contribution in [0, 0.1) is 24.7 Å². The molecule has 2 bridgehead atoms. The number of carbonyl (C=O) groups is 1. The lowest BCUT2D eigenvalue weighted by atomic mass is 9.84. The third-order valence-corrected chi connectivity index (χ3v) is 5.72. The van der Waals surface area contributed by atoms with Crippen molar-refractivity contribution < 1.29 is 4.79 Å². The number of halogens is 1. The Labute approximate surface area is 137 Å². The first-order valence-corrected chi connectivity index (χ1v) is 8.70. The van der Waals surface area contributed by atoms with E-state index in [1.54, 1.807) is 6.07 Å². The summed E-state index contributed by atoms with van der Waals surface area (Å²) in [7, 11) is 0. The first kappa shape index (κ1) is 15.8. The summed E-state index contributed by atoms with van der Waals surface area (Å²) in [5.41, 5.74) is 1.82. The second-order valence-corrected chi connectivity index (χ2v) is 7.45. The standard InChI is InChI=1S/C18H25ClN2O/c1-11-7-15(19)5-6-17(11)21-18(22)10-20-12(2)16-9-13-3-4-14(16)8-13/h5-7,12-14,16,20H,3-4,8-10H2,1-2H3,(H,21,22)/t12-,13-,14-,16-/m0/s1. The van der Waals surface area contributed by atoms with Gasteiger partial charge in [0.05, 0.1) is 6.54 Å². The number of hydrogen-bond donors (Lipinski definition) is 2. The third-order valence-electron chi connectivity index (χ3n) is 5.48. The van der Waals surface area contributed by atoms with Crippen LogP contribution in [0.2, 0.25) is 5.02 Å². The summed E-state index contributed by atoms with van der Waals surface area (Å²) < 4.78 is 0. The highest BCUT2D eigenvalue weighted by molar-refractivity contribution is 6.30. The molecule has 2 N–H and O–H groups in total. The monoisotopic (exact) mass is 320 g/mol. The number of anilines is 1. The molecule has 1 amide bonds. The highest BCUT2D eigenvalue weighted by atomic mass is 35.5. The quantitative estimate of drug-likeness (QED) is 0.861. The third kappa shape index (κ3) is 3.47. The van der Waals surface area contributed by atoms with Gasteiger partial charge in [0.15, 0.2) is 0 Å². The van der Waals surface area contributed by atoms with E-state index in [0.29, 0.717) is 17.6 Å². The Morgan fingerprint density at radius 1 is 1.36 bits per heavy atom. The van der Waals surface area contributed by atoms with Gasteiger partial charge in [-0.15, -0.1) is 0 Å². The number of amides is 1. The van der Waals surface area contributed by atoms with E-state index in [2.05, 4.69) is 17.6 Å². The lowest BCUT2D eigenvalue weighted by Crippen LogP contribution is -2.40. The maximum absolute atomic E-state index is 12.1. The molecule has 0 spiro atoms. The molecule has 3 rings (SSSR count). The van der Waals surface area contributed by atoms with Gasteiger partial charge >= 0.3 is 0 Å². The minimum atomic E-state index is 0.0143. The molecule has 2 aliphatic rings. The van der Waals surface area contributed by atoms with Crippen LogP contribution in [0.25, 0.3) is 0 Å². The van der Waals surface area contributed by atoms with Gasteiger partial charge < -0.3 is 10.6 Å². The SMILES string of the molecule is Cc1cc(Cl)ccc1NC(=O)CN[C@@H](C)[C@@H]1C[C@H]2CC[C@H]1C2. The van der Waals surface area contributed by atoms with Crippen molar-refractivity contribution in [2.75, 3.05) is 11.9 Å². The molecule has 2 aliphatic carbocycles. The van der Waals surface area contributed by atoms with E-state index in [9.17, 15) is 4.79 Å². The van der Waals surface area contributed by atoms with Crippen LogP contribution >= 0.6 is 11.6 Å². The van der Waals surface area contributed by atoms with E-state index in [1.807, 2.05) is 19.1 Å². The zero-order chi connectivity index (χ0) is 15.7. The van der Waals surface area contributed by atoms with Crippen LogP contribution in [0.5, 0.6) is 0 Å². The molecule has 3 nitrogen and oxygen atoms in total. The summed E-state index contributed by atoms with van der Waals surface area (Å²) in [6.45, 7) is 4.55. The summed E-state index contributed by atoms with van der Waals surface area (Å²) in [6, 6.07) is 5.94. The number of fused-ring (bicyclic) bond motifs is 2. The second kappa shape index (κ2) is 6.59. The van der Waals surface area contributed by atoms with Crippen molar-refractivity contribution in [1.82, 2.24) is 5.32 Å². The first-order valence-electron chi connectivity index (χ1n) is 8.32. The van der Waals surface area contributed by atoms with Crippen molar-refractivity contribution in [3.8, 4) is 0 Å². The second-order valence-electron chi connectivity index (χ2n) is 7.02. The van der Waals surface area contributed by atoms with Crippen molar-refractivity contribution in [2.24, 2.45) is 17.8 Å². The van der Waals surface area contributed by atoms with Crippen molar-refractivity contribution in [3.63, 3.8) is 0 Å². The summed E-state index contributed by atoms with van der Waals surface area (Å²) in [4.78, 5) is 12.1. The normalized spacial score (nSPS) is 27.9. The van der Waals surface area contributed by atoms with Gasteiger partial charge in [0, 0.05) is 16.8 Å². The number of carbonyl (C=O) groups excluding carboxylic acids is 1. The van der Waals surface area contributed by atoms with Gasteiger partial charge in [0.25, 0.3) is 0 Å². The molecule has 1 aromatic carbocycles. The Morgan fingerprint density at radius 3 is 2.82 bits per heavy atom. The van der Waals surface area contributed by atoms with Crippen LogP contribution in [-0.4, -0.2) is 18.5 Å². The van der Waals surface area contributed by atoms with E-state index in [4.69, 9.17) is 11.6 Å². The summed E-state index contributed by atoms with van der Waals surface area (Å²) in [5, 5.41) is 7.07. The molecular formula is C18H25ClN2O. The van der Waals surface area contributed by atoms with Crippen LogP contribution in [0.1, 0.15) is 38.2 Å². The molecule has 0 aromatic heterocycles. The van der Waals surface area contributed by atoms with Crippen LogP contribution < -0.4 is 10.6 Å². The largest absolute Gasteiger partial charge is 0.325 e. The molecule has 1 aromatic rings. The molecule has 0 unspecified atom stereocenters. The highest BCUT2D eigenvalue weighted by Crippen LogP contribution is 2.49. The van der Waals surface area contributed by atoms with Crippen molar-refractivity contribution in [3.05, 3.63) is 28.8 Å². The zero-order valence-electron chi connectivity index (χ0n) is 13.4. The zero-order valence-corrected chi connectivity index (χ0v) is 14.1. The highest BCUT2D eigenvalue weighted by Gasteiger charge is 2.41. The molecule has 0 saturated heterocycles. The number of benzene rings is 1. The van der Waals surface area contributed by atoms with Gasteiger partial charge in [-0.2, -0.15) is 0 Å². The topological polar surface area (TPSA) is 41.1 Å². The van der Waals surface area contributed by atoms with Crippen LogP contribution in [0.3, 0.4) is 0 Å². The Kier molecular flexibility index (Phi) is 4.74. The molecule has 4 atom stereocenters. The Balaban J connectivity index is 1.48. The minimum absolute atomic E-state index is 0.0143. The number of aryl methyl sites for hydroxylation is 1. The van der Waals surface area contributed by atoms with Crippen molar-refractivity contribution in [1.29, 1.82) is 0 Å². The Hall–Kier alpha value is -1.06. The molecule has 0 radical (unpaired) electrons. The maximum atomic E-state index is 12.1. The van der Waals surface area contributed by atoms with Gasteiger partial charge in [0.2, 0.25) is 5.91 Å². The summed E-state index contributed by atoms with van der Waals surface area (Å²) in [6.07, 6.45) is 5.56.